The van der Waals surface area contributed by atoms with Crippen LogP contribution in [0, 0.1) is 5.41 Å². The van der Waals surface area contributed by atoms with Gasteiger partial charge >= 0.3 is 0 Å². The minimum absolute atomic E-state index is 0.0295. The van der Waals surface area contributed by atoms with E-state index in [1.807, 2.05) is 0 Å². The summed E-state index contributed by atoms with van der Waals surface area (Å²) in [4.78, 5) is 0. The highest BCUT2D eigenvalue weighted by molar-refractivity contribution is 5.56. The molecule has 0 aromatic heterocycles. The van der Waals surface area contributed by atoms with E-state index in [1.165, 1.54) is 54.4 Å². The fraction of sp³-hybridized carbons (Fsp3) is 0.385. The molecular formula is C26H30. The number of rotatable bonds is 5. The Morgan fingerprint density at radius 2 is 0.923 bits per heavy atom. The van der Waals surface area contributed by atoms with Crippen molar-refractivity contribution >= 4 is 0 Å². The van der Waals surface area contributed by atoms with Gasteiger partial charge in [-0.25, -0.2) is 0 Å². The Morgan fingerprint density at radius 1 is 0.500 bits per heavy atom. The van der Waals surface area contributed by atoms with E-state index in [0.717, 1.165) is 25.7 Å². The van der Waals surface area contributed by atoms with E-state index in [0.29, 0.717) is 0 Å². The highest BCUT2D eigenvalue weighted by Crippen LogP contribution is 2.52. The van der Waals surface area contributed by atoms with E-state index in [4.69, 9.17) is 0 Å². The van der Waals surface area contributed by atoms with Gasteiger partial charge in [0.05, 0.1) is 0 Å². The molecule has 0 atom stereocenters. The van der Waals surface area contributed by atoms with Gasteiger partial charge in [-0.15, -0.1) is 0 Å². The van der Waals surface area contributed by atoms with Crippen LogP contribution >= 0.6 is 0 Å². The van der Waals surface area contributed by atoms with Crippen LogP contribution in [0.1, 0.15) is 57.8 Å². The third-order valence-corrected chi connectivity index (χ3v) is 6.00. The predicted octanol–water partition coefficient (Wildman–Crippen LogP) is 7.47. The summed E-state index contributed by atoms with van der Waals surface area (Å²) in [5.74, 6) is 0. The van der Waals surface area contributed by atoms with Crippen molar-refractivity contribution in [2.24, 2.45) is 5.41 Å². The second-order valence-corrected chi connectivity index (χ2v) is 7.76. The first kappa shape index (κ1) is 17.3. The van der Waals surface area contributed by atoms with Crippen molar-refractivity contribution in [2.75, 3.05) is 0 Å². The zero-order valence-corrected chi connectivity index (χ0v) is 15.8. The molecule has 0 N–H and O–H groups in total. The Kier molecular flexibility index (Phi) is 5.39. The highest BCUT2D eigenvalue weighted by atomic mass is 14.4. The van der Waals surface area contributed by atoms with Crippen LogP contribution in [0.4, 0.5) is 0 Å². The third-order valence-electron chi connectivity index (χ3n) is 6.00. The maximum Gasteiger partial charge on any atom is 0.0481 e. The Hall–Kier alpha value is -2.08. The van der Waals surface area contributed by atoms with Crippen LogP contribution < -0.4 is 0 Å². The molecule has 0 aromatic rings. The molecule has 4 rings (SSSR count). The van der Waals surface area contributed by atoms with Gasteiger partial charge < -0.3 is 0 Å². The number of hydrogen-bond acceptors (Lipinski definition) is 0. The lowest BCUT2D eigenvalue weighted by Gasteiger charge is -2.41. The van der Waals surface area contributed by atoms with Crippen LogP contribution in [0.5, 0.6) is 0 Å². The summed E-state index contributed by atoms with van der Waals surface area (Å²) in [5, 5.41) is 0. The topological polar surface area (TPSA) is 0 Å². The molecule has 0 aromatic carbocycles. The van der Waals surface area contributed by atoms with Crippen LogP contribution in [0.15, 0.2) is 95.2 Å². The quantitative estimate of drug-likeness (QED) is 0.486. The summed E-state index contributed by atoms with van der Waals surface area (Å²) in [6, 6.07) is 0. The first-order valence-corrected chi connectivity index (χ1v) is 10.4. The summed E-state index contributed by atoms with van der Waals surface area (Å²) in [6.07, 6.45) is 39.5. The molecule has 0 bridgehead atoms. The summed E-state index contributed by atoms with van der Waals surface area (Å²) in [7, 11) is 0. The van der Waals surface area contributed by atoms with Crippen LogP contribution in [0.25, 0.3) is 0 Å². The first-order valence-electron chi connectivity index (χ1n) is 10.4. The lowest BCUT2D eigenvalue weighted by molar-refractivity contribution is 0.529. The molecule has 4 aliphatic carbocycles. The maximum absolute atomic E-state index is 2.50. The van der Waals surface area contributed by atoms with E-state index in [9.17, 15) is 0 Å². The Labute approximate surface area is 158 Å². The lowest BCUT2D eigenvalue weighted by Crippen LogP contribution is -2.29. The minimum atomic E-state index is -0.0295. The van der Waals surface area contributed by atoms with Crippen LogP contribution in [0.2, 0.25) is 0 Å². The van der Waals surface area contributed by atoms with E-state index in [2.05, 4.69) is 72.9 Å². The molecule has 0 unspecified atom stereocenters. The van der Waals surface area contributed by atoms with E-state index < -0.39 is 0 Å². The summed E-state index contributed by atoms with van der Waals surface area (Å²) >= 11 is 0. The van der Waals surface area contributed by atoms with E-state index in [-0.39, 0.29) is 5.41 Å². The standard InChI is InChI=1S/C26H30/c1-5-13-22(14-6-1)21-26(23-15-7-2-8-16-23,24-17-9-3-10-18-24)25-19-11-4-12-20-25/h5,7,9,11,13-20H,1-4,6,8,10,12,21H2. The largest absolute Gasteiger partial charge is 0.0840 e. The van der Waals surface area contributed by atoms with Crippen molar-refractivity contribution in [3.63, 3.8) is 0 Å². The van der Waals surface area contributed by atoms with Gasteiger partial charge in [0, 0.05) is 5.41 Å². The first-order chi connectivity index (χ1) is 12.9. The Morgan fingerprint density at radius 3 is 1.27 bits per heavy atom. The molecule has 0 amide bonds. The summed E-state index contributed by atoms with van der Waals surface area (Å²) in [6.45, 7) is 0. The van der Waals surface area contributed by atoms with Crippen LogP contribution in [-0.4, -0.2) is 0 Å². The molecule has 0 heteroatoms. The molecule has 0 saturated heterocycles. The number of allylic oxidation sites excluding steroid dienone is 16. The smallest absolute Gasteiger partial charge is 0.0481 e. The van der Waals surface area contributed by atoms with Crippen molar-refractivity contribution in [3.8, 4) is 0 Å². The van der Waals surface area contributed by atoms with Gasteiger partial charge in [0.2, 0.25) is 0 Å². The molecule has 4 aliphatic rings. The maximum atomic E-state index is 2.50. The van der Waals surface area contributed by atoms with Crippen molar-refractivity contribution in [2.45, 2.75) is 57.8 Å². The lowest BCUT2D eigenvalue weighted by atomic mass is 9.61. The summed E-state index contributed by atoms with van der Waals surface area (Å²) < 4.78 is 0. The Balaban J connectivity index is 1.86. The third kappa shape index (κ3) is 3.43. The van der Waals surface area contributed by atoms with Gasteiger partial charge in [0.25, 0.3) is 0 Å². The molecular weight excluding hydrogens is 312 g/mol. The Bertz CT molecular complexity index is 692. The van der Waals surface area contributed by atoms with Crippen molar-refractivity contribution in [3.05, 3.63) is 95.2 Å². The van der Waals surface area contributed by atoms with E-state index in [1.54, 1.807) is 0 Å². The van der Waals surface area contributed by atoms with Gasteiger partial charge in [-0.1, -0.05) is 78.5 Å². The van der Waals surface area contributed by atoms with Gasteiger partial charge in [-0.05, 0) is 74.5 Å². The zero-order chi connectivity index (χ0) is 17.7. The van der Waals surface area contributed by atoms with Crippen molar-refractivity contribution < 1.29 is 0 Å². The minimum Gasteiger partial charge on any atom is -0.0840 e. The molecule has 26 heavy (non-hydrogen) atoms. The average Bonchev–Trinajstić information content (AvgIpc) is 2.75. The van der Waals surface area contributed by atoms with Gasteiger partial charge in [0.15, 0.2) is 0 Å². The number of hydrogen-bond donors (Lipinski definition) is 0. The fourth-order valence-corrected chi connectivity index (χ4v) is 4.70. The molecule has 0 nitrogen and oxygen atoms in total. The highest BCUT2D eigenvalue weighted by Gasteiger charge is 2.40. The molecule has 0 radical (unpaired) electrons. The van der Waals surface area contributed by atoms with Crippen molar-refractivity contribution in [1.29, 1.82) is 0 Å². The molecule has 0 spiro atoms. The molecule has 0 saturated carbocycles. The normalized spacial score (nSPS) is 22.6. The van der Waals surface area contributed by atoms with Crippen molar-refractivity contribution in [1.82, 2.24) is 0 Å². The van der Waals surface area contributed by atoms with E-state index >= 15 is 0 Å². The van der Waals surface area contributed by atoms with Crippen LogP contribution in [-0.2, 0) is 0 Å². The summed E-state index contributed by atoms with van der Waals surface area (Å²) in [5.41, 5.74) is 5.96. The molecule has 0 heterocycles. The van der Waals surface area contributed by atoms with Gasteiger partial charge in [-0.3, -0.25) is 0 Å². The average molecular weight is 343 g/mol. The predicted molar refractivity (Wildman–Crippen MR) is 113 cm³/mol. The van der Waals surface area contributed by atoms with Gasteiger partial charge in [-0.2, -0.15) is 0 Å². The van der Waals surface area contributed by atoms with Gasteiger partial charge in [0.1, 0.15) is 0 Å². The fourth-order valence-electron chi connectivity index (χ4n) is 4.70. The molecule has 0 aliphatic heterocycles. The SMILES string of the molecule is C1=CC(CC(C2=CCCC=C2)(C2=CCCC=C2)C2=CCCC=C2)=CCC1. The second kappa shape index (κ2) is 8.08. The zero-order valence-electron chi connectivity index (χ0n) is 15.8. The monoisotopic (exact) mass is 342 g/mol. The van der Waals surface area contributed by atoms with Crippen LogP contribution in [0.3, 0.4) is 0 Å². The molecule has 134 valence electrons. The second-order valence-electron chi connectivity index (χ2n) is 7.76. The molecule has 0 fully saturated rings.